The molecular weight excluding hydrogens is 224 g/mol. The monoisotopic (exact) mass is 240 g/mol. The molecule has 0 amide bonds. The van der Waals surface area contributed by atoms with E-state index in [0.717, 1.165) is 18.1 Å². The first-order chi connectivity index (χ1) is 8.83. The van der Waals surface area contributed by atoms with Crippen LogP contribution in [0.5, 0.6) is 0 Å². The van der Waals surface area contributed by atoms with Gasteiger partial charge in [-0.05, 0) is 42.7 Å². The van der Waals surface area contributed by atoms with E-state index in [2.05, 4.69) is 27.2 Å². The van der Waals surface area contributed by atoms with Crippen molar-refractivity contribution in [3.8, 4) is 0 Å². The Hall–Kier alpha value is -2.10. The molecule has 1 aromatic heterocycles. The Morgan fingerprint density at radius 3 is 2.56 bits per heavy atom. The van der Waals surface area contributed by atoms with Crippen LogP contribution in [0, 0.1) is 0 Å². The molecule has 1 aliphatic carbocycles. The summed E-state index contributed by atoms with van der Waals surface area (Å²) in [5.41, 5.74) is 7.76. The number of hydrogen-bond acceptors (Lipinski definition) is 4. The SMILES string of the molecule is Nc1ccc(CN(c2cccnn2)C2CC2)cc1. The summed E-state index contributed by atoms with van der Waals surface area (Å²) >= 11 is 0. The molecule has 1 fully saturated rings. The van der Waals surface area contributed by atoms with E-state index >= 15 is 0 Å². The summed E-state index contributed by atoms with van der Waals surface area (Å²) in [6, 6.07) is 12.6. The van der Waals surface area contributed by atoms with Gasteiger partial charge < -0.3 is 10.6 Å². The third-order valence-corrected chi connectivity index (χ3v) is 3.17. The van der Waals surface area contributed by atoms with Gasteiger partial charge in [0.25, 0.3) is 0 Å². The van der Waals surface area contributed by atoms with Crippen LogP contribution in [0.25, 0.3) is 0 Å². The molecule has 0 atom stereocenters. The number of nitrogens with zero attached hydrogens (tertiary/aromatic N) is 3. The van der Waals surface area contributed by atoms with E-state index in [9.17, 15) is 0 Å². The zero-order chi connectivity index (χ0) is 12.4. The lowest BCUT2D eigenvalue weighted by Gasteiger charge is -2.22. The van der Waals surface area contributed by atoms with Gasteiger partial charge in [-0.3, -0.25) is 0 Å². The van der Waals surface area contributed by atoms with Crippen molar-refractivity contribution in [2.45, 2.75) is 25.4 Å². The Bertz CT molecular complexity index is 505. The second kappa shape index (κ2) is 4.64. The van der Waals surface area contributed by atoms with Crippen molar-refractivity contribution in [2.24, 2.45) is 0 Å². The van der Waals surface area contributed by atoms with Gasteiger partial charge in [-0.25, -0.2) is 0 Å². The van der Waals surface area contributed by atoms with Crippen LogP contribution in [0.2, 0.25) is 0 Å². The van der Waals surface area contributed by atoms with Crippen molar-refractivity contribution in [1.29, 1.82) is 0 Å². The fraction of sp³-hybridized carbons (Fsp3) is 0.286. The molecule has 2 N–H and O–H groups in total. The van der Waals surface area contributed by atoms with Gasteiger partial charge in [0.15, 0.2) is 5.82 Å². The number of aromatic nitrogens is 2. The summed E-state index contributed by atoms with van der Waals surface area (Å²) in [4.78, 5) is 2.32. The van der Waals surface area contributed by atoms with Crippen molar-refractivity contribution in [3.63, 3.8) is 0 Å². The fourth-order valence-corrected chi connectivity index (χ4v) is 2.05. The minimum atomic E-state index is 0.610. The lowest BCUT2D eigenvalue weighted by molar-refractivity contribution is 0.764. The number of anilines is 2. The van der Waals surface area contributed by atoms with Crippen LogP contribution in [-0.4, -0.2) is 16.2 Å². The normalized spacial score (nSPS) is 14.4. The van der Waals surface area contributed by atoms with Crippen molar-refractivity contribution in [1.82, 2.24) is 10.2 Å². The molecule has 0 saturated heterocycles. The molecule has 0 bridgehead atoms. The molecule has 0 radical (unpaired) electrons. The van der Waals surface area contributed by atoms with Crippen molar-refractivity contribution >= 4 is 11.5 Å². The Morgan fingerprint density at radius 1 is 1.17 bits per heavy atom. The maximum Gasteiger partial charge on any atom is 0.151 e. The third-order valence-electron chi connectivity index (χ3n) is 3.17. The van der Waals surface area contributed by atoms with Gasteiger partial charge >= 0.3 is 0 Å². The highest BCUT2D eigenvalue weighted by molar-refractivity contribution is 5.44. The molecular formula is C14H16N4. The maximum atomic E-state index is 5.70. The predicted molar refractivity (Wildman–Crippen MR) is 72.1 cm³/mol. The van der Waals surface area contributed by atoms with Gasteiger partial charge in [-0.15, -0.1) is 5.10 Å². The minimum Gasteiger partial charge on any atom is -0.399 e. The lowest BCUT2D eigenvalue weighted by atomic mass is 10.2. The molecule has 4 nitrogen and oxygen atoms in total. The quantitative estimate of drug-likeness (QED) is 0.833. The highest BCUT2D eigenvalue weighted by Crippen LogP contribution is 2.31. The first kappa shape index (κ1) is 11.0. The van der Waals surface area contributed by atoms with E-state index in [1.807, 2.05) is 24.3 Å². The van der Waals surface area contributed by atoms with Gasteiger partial charge in [0, 0.05) is 24.5 Å². The zero-order valence-corrected chi connectivity index (χ0v) is 10.2. The Kier molecular flexibility index (Phi) is 2.84. The fourth-order valence-electron chi connectivity index (χ4n) is 2.05. The Labute approximate surface area is 106 Å². The van der Waals surface area contributed by atoms with Gasteiger partial charge in [0.2, 0.25) is 0 Å². The molecule has 4 heteroatoms. The van der Waals surface area contributed by atoms with E-state index < -0.39 is 0 Å². The van der Waals surface area contributed by atoms with Crippen LogP contribution >= 0.6 is 0 Å². The van der Waals surface area contributed by atoms with Crippen LogP contribution < -0.4 is 10.6 Å². The predicted octanol–water partition coefficient (Wildman–Crippen LogP) is 2.23. The molecule has 92 valence electrons. The van der Waals surface area contributed by atoms with Gasteiger partial charge in [0.05, 0.1) is 0 Å². The third kappa shape index (κ3) is 2.42. The van der Waals surface area contributed by atoms with Crippen molar-refractivity contribution < 1.29 is 0 Å². The van der Waals surface area contributed by atoms with Gasteiger partial charge in [0.1, 0.15) is 0 Å². The van der Waals surface area contributed by atoms with Crippen LogP contribution in [-0.2, 0) is 6.54 Å². The number of benzene rings is 1. The van der Waals surface area contributed by atoms with Crippen molar-refractivity contribution in [2.75, 3.05) is 10.6 Å². The highest BCUT2D eigenvalue weighted by Gasteiger charge is 2.30. The first-order valence-corrected chi connectivity index (χ1v) is 6.22. The largest absolute Gasteiger partial charge is 0.399 e. The Morgan fingerprint density at radius 2 is 1.94 bits per heavy atom. The van der Waals surface area contributed by atoms with Crippen molar-refractivity contribution in [3.05, 3.63) is 48.2 Å². The highest BCUT2D eigenvalue weighted by atomic mass is 15.3. The zero-order valence-electron chi connectivity index (χ0n) is 10.2. The molecule has 3 rings (SSSR count). The summed E-state index contributed by atoms with van der Waals surface area (Å²) in [5, 5.41) is 8.17. The maximum absolute atomic E-state index is 5.70. The smallest absolute Gasteiger partial charge is 0.151 e. The second-order valence-corrected chi connectivity index (χ2v) is 4.68. The summed E-state index contributed by atoms with van der Waals surface area (Å²) in [6.07, 6.45) is 4.19. The summed E-state index contributed by atoms with van der Waals surface area (Å²) in [5.74, 6) is 0.955. The number of rotatable bonds is 4. The molecule has 0 unspecified atom stereocenters. The minimum absolute atomic E-state index is 0.610. The average molecular weight is 240 g/mol. The van der Waals surface area contributed by atoms with E-state index in [0.29, 0.717) is 6.04 Å². The van der Waals surface area contributed by atoms with E-state index in [-0.39, 0.29) is 0 Å². The lowest BCUT2D eigenvalue weighted by Crippen LogP contribution is -2.26. The van der Waals surface area contributed by atoms with E-state index in [4.69, 9.17) is 5.73 Å². The van der Waals surface area contributed by atoms with E-state index in [1.54, 1.807) is 6.20 Å². The Balaban J connectivity index is 1.81. The van der Waals surface area contributed by atoms with Crippen LogP contribution in [0.4, 0.5) is 11.5 Å². The molecule has 1 aromatic carbocycles. The molecule has 18 heavy (non-hydrogen) atoms. The summed E-state index contributed by atoms with van der Waals surface area (Å²) in [7, 11) is 0. The molecule has 0 spiro atoms. The van der Waals surface area contributed by atoms with Gasteiger partial charge in [-0.1, -0.05) is 12.1 Å². The first-order valence-electron chi connectivity index (χ1n) is 6.22. The molecule has 1 aliphatic rings. The van der Waals surface area contributed by atoms with E-state index in [1.165, 1.54) is 18.4 Å². The van der Waals surface area contributed by atoms with Crippen LogP contribution in [0.3, 0.4) is 0 Å². The number of nitrogens with two attached hydrogens (primary N) is 1. The molecule has 1 saturated carbocycles. The number of hydrogen-bond donors (Lipinski definition) is 1. The molecule has 0 aliphatic heterocycles. The van der Waals surface area contributed by atoms with Crippen LogP contribution in [0.1, 0.15) is 18.4 Å². The summed E-state index contributed by atoms with van der Waals surface area (Å²) in [6.45, 7) is 0.865. The standard InChI is InChI=1S/C14H16N4/c15-12-5-3-11(4-6-12)10-18(13-7-8-13)14-2-1-9-16-17-14/h1-6,9,13H,7-8,10,15H2. The average Bonchev–Trinajstić information content (AvgIpc) is 3.23. The molecule has 1 heterocycles. The topological polar surface area (TPSA) is 55.0 Å². The number of nitrogen functional groups attached to an aromatic ring is 1. The van der Waals surface area contributed by atoms with Crippen LogP contribution in [0.15, 0.2) is 42.6 Å². The molecule has 2 aromatic rings. The second-order valence-electron chi connectivity index (χ2n) is 4.68. The summed E-state index contributed by atoms with van der Waals surface area (Å²) < 4.78 is 0. The van der Waals surface area contributed by atoms with Gasteiger partial charge in [-0.2, -0.15) is 5.10 Å².